The molecule has 1 saturated heterocycles. The Hall–Kier alpha value is -4.68. The third-order valence-electron chi connectivity index (χ3n) is 8.09. The number of pyridine rings is 1. The highest BCUT2D eigenvalue weighted by atomic mass is 32.1. The van der Waals surface area contributed by atoms with Crippen LogP contribution in [0.3, 0.4) is 0 Å². The van der Waals surface area contributed by atoms with Gasteiger partial charge in [0.2, 0.25) is 12.3 Å². The number of benzene rings is 1. The molecule has 2 aliphatic heterocycles. The third kappa shape index (κ3) is 15.3. The van der Waals surface area contributed by atoms with Crippen LogP contribution in [0.4, 0.5) is 13.2 Å². The maximum atomic E-state index is 11.8. The van der Waals surface area contributed by atoms with Gasteiger partial charge in [-0.25, -0.2) is 0 Å². The number of aromatic nitrogens is 1. The first kappa shape index (κ1) is 41.7. The summed E-state index contributed by atoms with van der Waals surface area (Å²) in [7, 11) is 0. The molecular weight excluding hydrogens is 696 g/mol. The van der Waals surface area contributed by atoms with Gasteiger partial charge in [-0.3, -0.25) is 24.4 Å². The summed E-state index contributed by atoms with van der Waals surface area (Å²) in [6.45, 7) is 4.50. The molecule has 0 saturated carbocycles. The van der Waals surface area contributed by atoms with Crippen molar-refractivity contribution in [1.29, 1.82) is 0 Å². The minimum Gasteiger partial charge on any atom is -0.493 e. The fourth-order valence-electron chi connectivity index (χ4n) is 5.59. The van der Waals surface area contributed by atoms with Crippen LogP contribution in [0, 0.1) is 18.8 Å². The molecule has 1 aromatic carbocycles. The zero-order chi connectivity index (χ0) is 37.8. The summed E-state index contributed by atoms with van der Waals surface area (Å²) in [6, 6.07) is 22.0. The molecule has 0 radical (unpaired) electrons. The van der Waals surface area contributed by atoms with Gasteiger partial charge in [0, 0.05) is 49.7 Å². The standard InChI is InChI=1S/C24H30N4O3S.C9H10O.C3H4F3NO.C2H2/c25-24(30)18(15-21-4-3-13-32-21)14-19(29)16-27-9-11-28(12-10-27)17-20-6-7-23(31-20)22-5-1-2-8-26-22;1-2-6-9-8(4-1)5-3-7-10-9;4-3(5,6)1-7-2-8;1-2/h1-8,13,18-19,29H,9-12,14-17H2,(H2,25,30);1-2,4,6H,3,5,7H2;2H,1H2,(H,7,8);1-2H/t18-,19?;;;/m0.../s1. The number of terminal acetylenes is 1. The molecular formula is C38H46F3N5O5S. The summed E-state index contributed by atoms with van der Waals surface area (Å²) in [5.41, 5.74) is 7.78. The third-order valence-corrected chi connectivity index (χ3v) is 8.98. The molecule has 52 heavy (non-hydrogen) atoms. The molecule has 1 unspecified atom stereocenters. The number of aliphatic hydroxyl groups excluding tert-OH is 1. The number of rotatable bonds is 12. The highest BCUT2D eigenvalue weighted by Crippen LogP contribution is 2.24. The first-order valence-corrected chi connectivity index (χ1v) is 17.7. The lowest BCUT2D eigenvalue weighted by Crippen LogP contribution is -2.48. The molecule has 0 bridgehead atoms. The second kappa shape index (κ2) is 22.3. The van der Waals surface area contributed by atoms with Crippen molar-refractivity contribution < 1.29 is 37.0 Å². The van der Waals surface area contributed by atoms with Crippen LogP contribution in [0.25, 0.3) is 11.5 Å². The predicted octanol–water partition coefficient (Wildman–Crippen LogP) is 5.17. The van der Waals surface area contributed by atoms with Crippen molar-refractivity contribution in [2.75, 3.05) is 45.9 Å². The number of nitrogens with two attached hydrogens (primary N) is 1. The summed E-state index contributed by atoms with van der Waals surface area (Å²) >= 11 is 1.62. The number of thiophene rings is 1. The van der Waals surface area contributed by atoms with Gasteiger partial charge in [0.05, 0.1) is 19.3 Å². The van der Waals surface area contributed by atoms with Crippen molar-refractivity contribution in [3.8, 4) is 30.1 Å². The average molecular weight is 742 g/mol. The van der Waals surface area contributed by atoms with Gasteiger partial charge >= 0.3 is 6.18 Å². The number of nitrogens with one attached hydrogen (secondary N) is 1. The molecule has 2 atom stereocenters. The topological polar surface area (TPSA) is 134 Å². The van der Waals surface area contributed by atoms with Gasteiger partial charge in [0.25, 0.3) is 0 Å². The number of fused-ring (bicyclic) bond motifs is 1. The Morgan fingerprint density at radius 1 is 1.04 bits per heavy atom. The lowest BCUT2D eigenvalue weighted by molar-refractivity contribution is -0.132. The van der Waals surface area contributed by atoms with Gasteiger partial charge < -0.3 is 25.3 Å². The van der Waals surface area contributed by atoms with E-state index in [2.05, 4.69) is 39.8 Å². The number of carbonyl (C=O) groups excluding carboxylic acids is 2. The number of amides is 2. The maximum Gasteiger partial charge on any atom is 0.405 e. The largest absolute Gasteiger partial charge is 0.493 e. The fourth-order valence-corrected chi connectivity index (χ4v) is 6.37. The fraction of sp³-hybridized carbons (Fsp3) is 0.395. The van der Waals surface area contributed by atoms with E-state index in [0.717, 1.165) is 73.6 Å². The number of carbonyl (C=O) groups is 2. The molecule has 280 valence electrons. The van der Waals surface area contributed by atoms with Crippen molar-refractivity contribution in [2.24, 2.45) is 11.7 Å². The Morgan fingerprint density at radius 2 is 1.77 bits per heavy atom. The van der Waals surface area contributed by atoms with E-state index in [4.69, 9.17) is 14.9 Å². The molecule has 0 aliphatic carbocycles. The van der Waals surface area contributed by atoms with E-state index in [1.165, 1.54) is 17.3 Å². The van der Waals surface area contributed by atoms with E-state index in [0.29, 0.717) is 19.4 Å². The number of nitrogens with zero attached hydrogens (tertiary/aromatic N) is 3. The van der Waals surface area contributed by atoms with E-state index in [9.17, 15) is 27.9 Å². The molecule has 4 N–H and O–H groups in total. The Morgan fingerprint density at radius 3 is 2.38 bits per heavy atom. The van der Waals surface area contributed by atoms with E-state index >= 15 is 0 Å². The zero-order valence-electron chi connectivity index (χ0n) is 28.9. The van der Waals surface area contributed by atoms with Crippen molar-refractivity contribution >= 4 is 23.7 Å². The van der Waals surface area contributed by atoms with E-state index in [1.54, 1.807) is 17.5 Å². The number of hydrogen-bond donors (Lipinski definition) is 3. The molecule has 5 heterocycles. The number of piperazine rings is 1. The maximum absolute atomic E-state index is 11.8. The van der Waals surface area contributed by atoms with Gasteiger partial charge in [-0.15, -0.1) is 24.2 Å². The number of alkyl halides is 3. The van der Waals surface area contributed by atoms with Crippen molar-refractivity contribution in [3.05, 3.63) is 94.5 Å². The van der Waals surface area contributed by atoms with Crippen LogP contribution >= 0.6 is 11.3 Å². The predicted molar refractivity (Wildman–Crippen MR) is 195 cm³/mol. The van der Waals surface area contributed by atoms with E-state index in [-0.39, 0.29) is 18.2 Å². The average Bonchev–Trinajstić information content (AvgIpc) is 3.85. The minimum atomic E-state index is -4.29. The normalized spacial score (nSPS) is 15.3. The second-order valence-corrected chi connectivity index (χ2v) is 13.0. The van der Waals surface area contributed by atoms with Gasteiger partial charge in [-0.05, 0) is 73.0 Å². The van der Waals surface area contributed by atoms with Crippen LogP contribution in [0.2, 0.25) is 0 Å². The zero-order valence-corrected chi connectivity index (χ0v) is 29.7. The van der Waals surface area contributed by atoms with Crippen molar-refractivity contribution in [2.45, 2.75) is 44.5 Å². The molecule has 2 amide bonds. The lowest BCUT2D eigenvalue weighted by Gasteiger charge is -2.35. The van der Waals surface area contributed by atoms with E-state index in [1.807, 2.05) is 60.0 Å². The number of aliphatic hydroxyl groups is 1. The minimum absolute atomic E-state index is 0.00743. The Bertz CT molecular complexity index is 1580. The molecule has 4 aromatic rings. The molecule has 6 rings (SSSR count). The van der Waals surface area contributed by atoms with Crippen LogP contribution in [0.5, 0.6) is 5.75 Å². The quantitative estimate of drug-likeness (QED) is 0.134. The molecule has 3 aromatic heterocycles. The Kier molecular flexibility index (Phi) is 17.9. The molecule has 2 aliphatic rings. The number of aryl methyl sites for hydroxylation is 1. The summed E-state index contributed by atoms with van der Waals surface area (Å²) in [4.78, 5) is 31.2. The SMILES string of the molecule is C#C.NC(=O)[C@H](Cc1cccs1)CC(O)CN1CCN(Cc2ccc(-c3ccccn3)o2)CC1.O=CNCC(F)(F)F.c1ccc2c(c1)CCCO2. The van der Waals surface area contributed by atoms with Crippen LogP contribution in [-0.4, -0.2) is 90.4 Å². The summed E-state index contributed by atoms with van der Waals surface area (Å²) in [5.74, 6) is 2.11. The first-order valence-electron chi connectivity index (χ1n) is 16.8. The number of hydrogen-bond acceptors (Lipinski definition) is 9. The number of ether oxygens (including phenoxy) is 1. The smallest absolute Gasteiger partial charge is 0.405 e. The van der Waals surface area contributed by atoms with Gasteiger partial charge in [-0.2, -0.15) is 13.2 Å². The molecule has 1 fully saturated rings. The molecule has 14 heteroatoms. The highest BCUT2D eigenvalue weighted by molar-refractivity contribution is 7.09. The number of β-amino-alcohol motifs (C(OH)–C–C–N with tert-alkyl or cyclic N) is 1. The number of halogens is 3. The summed E-state index contributed by atoms with van der Waals surface area (Å²) in [5, 5.41) is 14.1. The van der Waals surface area contributed by atoms with Crippen LogP contribution in [-0.2, 0) is 29.0 Å². The van der Waals surface area contributed by atoms with Crippen molar-refractivity contribution in [3.63, 3.8) is 0 Å². The van der Waals surface area contributed by atoms with Gasteiger partial charge in [0.15, 0.2) is 5.76 Å². The monoisotopic (exact) mass is 741 g/mol. The Labute approximate surface area is 306 Å². The number of para-hydroxylation sites is 1. The number of furan rings is 1. The van der Waals surface area contributed by atoms with Crippen molar-refractivity contribution in [1.82, 2.24) is 20.1 Å². The van der Waals surface area contributed by atoms with Gasteiger partial charge in [0.1, 0.15) is 23.7 Å². The summed E-state index contributed by atoms with van der Waals surface area (Å²) in [6.07, 6.45) is 8.25. The first-order chi connectivity index (χ1) is 25.1. The second-order valence-electron chi connectivity index (χ2n) is 12.0. The molecule has 10 nitrogen and oxygen atoms in total. The van der Waals surface area contributed by atoms with Crippen LogP contribution < -0.4 is 15.8 Å². The lowest BCUT2D eigenvalue weighted by atomic mass is 9.96. The highest BCUT2D eigenvalue weighted by Gasteiger charge is 2.26. The van der Waals surface area contributed by atoms with Crippen LogP contribution in [0.1, 0.15) is 29.0 Å². The molecule has 0 spiro atoms. The van der Waals surface area contributed by atoms with Gasteiger partial charge in [-0.1, -0.05) is 30.3 Å². The Balaban J connectivity index is 0.000000296. The van der Waals surface area contributed by atoms with Crippen LogP contribution in [0.15, 0.2) is 82.7 Å². The van der Waals surface area contributed by atoms with E-state index < -0.39 is 18.8 Å². The summed E-state index contributed by atoms with van der Waals surface area (Å²) < 4.78 is 44.5. The number of primary amides is 1.